The monoisotopic (exact) mass is 398 g/mol. The number of carbonyl (C=O) groups is 1. The number of halogens is 1. The molecule has 0 bridgehead atoms. The maximum Gasteiger partial charge on any atom is 0.263 e. The molecule has 1 saturated heterocycles. The van der Waals surface area contributed by atoms with Crippen molar-refractivity contribution in [3.63, 3.8) is 0 Å². The molecule has 1 aliphatic rings. The van der Waals surface area contributed by atoms with Crippen LogP contribution < -0.4 is 4.74 Å². The number of piperazine rings is 1. The second-order valence-electron chi connectivity index (χ2n) is 6.88. The fourth-order valence-corrected chi connectivity index (χ4v) is 3.44. The van der Waals surface area contributed by atoms with E-state index in [2.05, 4.69) is 29.2 Å². The van der Waals surface area contributed by atoms with Crippen molar-refractivity contribution in [3.05, 3.63) is 71.3 Å². The number of ether oxygens (including phenoxy) is 1. The summed E-state index contributed by atoms with van der Waals surface area (Å²) in [5, 5.41) is 0.531. The van der Waals surface area contributed by atoms with Gasteiger partial charge in [0.15, 0.2) is 6.10 Å². The highest BCUT2D eigenvalue weighted by molar-refractivity contribution is 6.32. The van der Waals surface area contributed by atoms with Crippen molar-refractivity contribution in [1.82, 2.24) is 9.80 Å². The zero-order valence-electron chi connectivity index (χ0n) is 16.3. The average molecular weight is 399 g/mol. The molecule has 28 heavy (non-hydrogen) atoms. The molecule has 0 aliphatic carbocycles. The van der Waals surface area contributed by atoms with Crippen molar-refractivity contribution in [1.29, 1.82) is 0 Å². The first kappa shape index (κ1) is 20.4. The van der Waals surface area contributed by atoms with Crippen LogP contribution >= 0.6 is 11.6 Å². The van der Waals surface area contributed by atoms with E-state index in [9.17, 15) is 4.79 Å². The van der Waals surface area contributed by atoms with Crippen molar-refractivity contribution in [2.24, 2.45) is 0 Å². The van der Waals surface area contributed by atoms with Gasteiger partial charge in [-0.05, 0) is 24.1 Å². The van der Waals surface area contributed by atoms with E-state index >= 15 is 0 Å². The van der Waals surface area contributed by atoms with Crippen LogP contribution in [0.5, 0.6) is 5.75 Å². The van der Waals surface area contributed by atoms with E-state index < -0.39 is 6.10 Å². The molecule has 0 radical (unpaired) electrons. The lowest BCUT2D eigenvalue weighted by atomic mass is 10.2. The summed E-state index contributed by atoms with van der Waals surface area (Å²) in [4.78, 5) is 17.1. The number of para-hydroxylation sites is 1. The molecule has 0 saturated carbocycles. The van der Waals surface area contributed by atoms with Crippen molar-refractivity contribution in [2.75, 3.05) is 32.7 Å². The number of amides is 1. The molecule has 3 rings (SSSR count). The first-order valence-corrected chi connectivity index (χ1v) is 10.2. The molecule has 1 aliphatic heterocycles. The fraction of sp³-hybridized carbons (Fsp3) is 0.348. The van der Waals surface area contributed by atoms with Crippen LogP contribution in [0.15, 0.2) is 60.7 Å². The molecular formula is C23H27ClN2O2. The maximum absolute atomic E-state index is 12.9. The molecule has 148 valence electrons. The van der Waals surface area contributed by atoms with Gasteiger partial charge < -0.3 is 9.64 Å². The lowest BCUT2D eigenvalue weighted by molar-refractivity contribution is -0.140. The standard InChI is InChI=1S/C23H27ClN2O2/c1-2-21(28-22-13-7-6-12-20(22)24)23(27)26-17-15-25(16-18-26)14-8-11-19-9-4-3-5-10-19/h3-13,21H,2,14-18H2,1H3/b11-8+/t21-/m1/s1. The summed E-state index contributed by atoms with van der Waals surface area (Å²) < 4.78 is 5.90. The number of carbonyl (C=O) groups excluding carboxylic acids is 1. The van der Waals surface area contributed by atoms with Gasteiger partial charge in [0.2, 0.25) is 0 Å². The van der Waals surface area contributed by atoms with Crippen LogP contribution in [-0.2, 0) is 4.79 Å². The average Bonchev–Trinajstić information content (AvgIpc) is 2.74. The van der Waals surface area contributed by atoms with Gasteiger partial charge in [-0.1, -0.05) is 73.1 Å². The van der Waals surface area contributed by atoms with Gasteiger partial charge in [-0.3, -0.25) is 9.69 Å². The van der Waals surface area contributed by atoms with Crippen molar-refractivity contribution < 1.29 is 9.53 Å². The molecule has 0 unspecified atom stereocenters. The molecule has 4 nitrogen and oxygen atoms in total. The highest BCUT2D eigenvalue weighted by atomic mass is 35.5. The normalized spacial score (nSPS) is 16.3. The zero-order valence-corrected chi connectivity index (χ0v) is 17.0. The highest BCUT2D eigenvalue weighted by Gasteiger charge is 2.27. The van der Waals surface area contributed by atoms with E-state index in [4.69, 9.17) is 16.3 Å². The van der Waals surface area contributed by atoms with E-state index in [0.29, 0.717) is 17.2 Å². The Labute approximate surface area is 172 Å². The van der Waals surface area contributed by atoms with Crippen molar-refractivity contribution >= 4 is 23.6 Å². The summed E-state index contributed by atoms with van der Waals surface area (Å²) in [6, 6.07) is 17.6. The minimum atomic E-state index is -0.496. The molecule has 0 aromatic heterocycles. The molecule has 0 N–H and O–H groups in total. The molecule has 1 fully saturated rings. The van der Waals surface area contributed by atoms with Crippen LogP contribution in [0.4, 0.5) is 0 Å². The van der Waals surface area contributed by atoms with E-state index in [1.807, 2.05) is 42.2 Å². The number of nitrogens with zero attached hydrogens (tertiary/aromatic N) is 2. The van der Waals surface area contributed by atoms with Gasteiger partial charge in [-0.25, -0.2) is 0 Å². The summed E-state index contributed by atoms with van der Waals surface area (Å²) in [6.45, 7) is 6.04. The van der Waals surface area contributed by atoms with Gasteiger partial charge in [0.25, 0.3) is 5.91 Å². The number of hydrogen-bond acceptors (Lipinski definition) is 3. The Morgan fingerprint density at radius 1 is 1.07 bits per heavy atom. The van der Waals surface area contributed by atoms with Crippen LogP contribution in [0.25, 0.3) is 6.08 Å². The minimum Gasteiger partial charge on any atom is -0.479 e. The SMILES string of the molecule is CC[C@@H](Oc1ccccc1Cl)C(=O)N1CCN(C/C=C/c2ccccc2)CC1. The largest absolute Gasteiger partial charge is 0.479 e. The highest BCUT2D eigenvalue weighted by Crippen LogP contribution is 2.25. The Bertz CT molecular complexity index is 786. The Morgan fingerprint density at radius 2 is 1.75 bits per heavy atom. The van der Waals surface area contributed by atoms with E-state index in [1.54, 1.807) is 12.1 Å². The minimum absolute atomic E-state index is 0.0434. The molecule has 0 spiro atoms. The van der Waals surface area contributed by atoms with Gasteiger partial charge in [-0.2, -0.15) is 0 Å². The predicted molar refractivity (Wildman–Crippen MR) is 115 cm³/mol. The van der Waals surface area contributed by atoms with Gasteiger partial charge >= 0.3 is 0 Å². The first-order valence-electron chi connectivity index (χ1n) is 9.81. The van der Waals surface area contributed by atoms with Crippen LogP contribution in [0.2, 0.25) is 5.02 Å². The summed E-state index contributed by atoms with van der Waals surface area (Å²) in [5.74, 6) is 0.607. The smallest absolute Gasteiger partial charge is 0.263 e. The van der Waals surface area contributed by atoms with Gasteiger partial charge in [0.05, 0.1) is 5.02 Å². The fourth-order valence-electron chi connectivity index (χ4n) is 3.26. The Balaban J connectivity index is 1.48. The van der Waals surface area contributed by atoms with E-state index in [-0.39, 0.29) is 5.91 Å². The second-order valence-corrected chi connectivity index (χ2v) is 7.29. The third-order valence-corrected chi connectivity index (χ3v) is 5.22. The number of benzene rings is 2. The second kappa shape index (κ2) is 10.3. The molecule has 5 heteroatoms. The van der Waals surface area contributed by atoms with Crippen LogP contribution in [0.1, 0.15) is 18.9 Å². The lowest BCUT2D eigenvalue weighted by Crippen LogP contribution is -2.52. The molecule has 1 heterocycles. The molecule has 1 amide bonds. The van der Waals surface area contributed by atoms with Crippen LogP contribution in [-0.4, -0.2) is 54.5 Å². The van der Waals surface area contributed by atoms with Gasteiger partial charge in [0, 0.05) is 32.7 Å². The third kappa shape index (κ3) is 5.60. The first-order chi connectivity index (χ1) is 13.7. The quantitative estimate of drug-likeness (QED) is 0.694. The maximum atomic E-state index is 12.9. The van der Waals surface area contributed by atoms with Crippen LogP contribution in [0.3, 0.4) is 0 Å². The third-order valence-electron chi connectivity index (χ3n) is 4.91. The topological polar surface area (TPSA) is 32.8 Å². The molecular weight excluding hydrogens is 372 g/mol. The molecule has 2 aromatic carbocycles. The summed E-state index contributed by atoms with van der Waals surface area (Å²) in [7, 11) is 0. The Hall–Kier alpha value is -2.30. The Morgan fingerprint density at radius 3 is 2.43 bits per heavy atom. The van der Waals surface area contributed by atoms with Gasteiger partial charge in [0.1, 0.15) is 5.75 Å². The Kier molecular flexibility index (Phi) is 7.52. The summed E-state index contributed by atoms with van der Waals surface area (Å²) >= 11 is 6.16. The van der Waals surface area contributed by atoms with E-state index in [0.717, 1.165) is 32.7 Å². The predicted octanol–water partition coefficient (Wildman–Crippen LogP) is 4.36. The van der Waals surface area contributed by atoms with Crippen molar-refractivity contribution in [3.8, 4) is 5.75 Å². The molecule has 1 atom stereocenters. The summed E-state index contributed by atoms with van der Waals surface area (Å²) in [6.07, 6.45) is 4.44. The van der Waals surface area contributed by atoms with E-state index in [1.165, 1.54) is 5.56 Å². The lowest BCUT2D eigenvalue weighted by Gasteiger charge is -2.35. The zero-order chi connectivity index (χ0) is 19.8. The van der Waals surface area contributed by atoms with Crippen LogP contribution in [0, 0.1) is 0 Å². The number of hydrogen-bond donors (Lipinski definition) is 0. The number of rotatable bonds is 7. The molecule has 2 aromatic rings. The summed E-state index contributed by atoms with van der Waals surface area (Å²) in [5.41, 5.74) is 1.21. The van der Waals surface area contributed by atoms with Crippen molar-refractivity contribution in [2.45, 2.75) is 19.4 Å². The van der Waals surface area contributed by atoms with Gasteiger partial charge in [-0.15, -0.1) is 0 Å².